The lowest BCUT2D eigenvalue weighted by Crippen LogP contribution is -2.48. The summed E-state index contributed by atoms with van der Waals surface area (Å²) in [7, 11) is 0. The van der Waals surface area contributed by atoms with E-state index in [1.54, 1.807) is 0 Å². The number of piperazine rings is 1. The topological polar surface area (TPSA) is 36.3 Å². The Balaban J connectivity index is 1.29. The van der Waals surface area contributed by atoms with Crippen molar-refractivity contribution in [2.24, 2.45) is 0 Å². The molecule has 0 amide bonds. The molecule has 0 atom stereocenters. The molecule has 0 spiro atoms. The molecule has 0 unspecified atom stereocenters. The van der Waals surface area contributed by atoms with Crippen molar-refractivity contribution in [3.05, 3.63) is 71.9 Å². The van der Waals surface area contributed by atoms with Crippen molar-refractivity contribution >= 4 is 5.69 Å². The molecule has 1 N–H and O–H groups in total. The number of rotatable bonds is 7. The van der Waals surface area contributed by atoms with Crippen molar-refractivity contribution in [3.8, 4) is 11.3 Å². The Morgan fingerprint density at radius 1 is 0.906 bits per heavy atom. The van der Waals surface area contributed by atoms with Gasteiger partial charge in [-0.05, 0) is 51.5 Å². The van der Waals surface area contributed by atoms with Gasteiger partial charge in [0.05, 0.1) is 16.9 Å². The number of anilines is 1. The summed E-state index contributed by atoms with van der Waals surface area (Å²) in [6, 6.07) is 21.7. The maximum atomic E-state index is 4.94. The molecule has 0 saturated carbocycles. The highest BCUT2D eigenvalue weighted by molar-refractivity contribution is 5.60. The molecule has 1 fully saturated rings. The molecule has 2 aromatic carbocycles. The molecule has 1 saturated heterocycles. The van der Waals surface area contributed by atoms with Crippen LogP contribution in [0.25, 0.3) is 11.3 Å². The lowest BCUT2D eigenvalue weighted by atomic mass is 10.1. The summed E-state index contributed by atoms with van der Waals surface area (Å²) in [5.41, 5.74) is 6.07. The molecule has 0 bridgehead atoms. The van der Waals surface area contributed by atoms with Crippen LogP contribution in [0.15, 0.2) is 60.7 Å². The second-order valence-corrected chi connectivity index (χ2v) is 9.81. The lowest BCUT2D eigenvalue weighted by molar-refractivity contribution is 0.257. The molecule has 3 aromatic rings. The van der Waals surface area contributed by atoms with Gasteiger partial charge in [0.25, 0.3) is 0 Å². The van der Waals surface area contributed by atoms with Crippen molar-refractivity contribution in [2.75, 3.05) is 44.2 Å². The Bertz CT molecular complexity index is 977. The molecule has 5 nitrogen and oxygen atoms in total. The van der Waals surface area contributed by atoms with Gasteiger partial charge < -0.3 is 10.2 Å². The third-order valence-electron chi connectivity index (χ3n) is 6.15. The van der Waals surface area contributed by atoms with Crippen molar-refractivity contribution < 1.29 is 0 Å². The summed E-state index contributed by atoms with van der Waals surface area (Å²) >= 11 is 0. The number of para-hydroxylation sites is 1. The van der Waals surface area contributed by atoms with E-state index in [4.69, 9.17) is 5.10 Å². The summed E-state index contributed by atoms with van der Waals surface area (Å²) in [5.74, 6) is 0. The fourth-order valence-electron chi connectivity index (χ4n) is 4.28. The van der Waals surface area contributed by atoms with E-state index in [0.29, 0.717) is 0 Å². The molecule has 4 rings (SSSR count). The monoisotopic (exact) mass is 431 g/mol. The summed E-state index contributed by atoms with van der Waals surface area (Å²) in [6.07, 6.45) is 0. The van der Waals surface area contributed by atoms with Gasteiger partial charge in [0.15, 0.2) is 0 Å². The van der Waals surface area contributed by atoms with E-state index in [-0.39, 0.29) is 5.54 Å². The molecule has 2 heterocycles. The van der Waals surface area contributed by atoms with Gasteiger partial charge in [0, 0.05) is 51.5 Å². The molecule has 0 radical (unpaired) electrons. The van der Waals surface area contributed by atoms with Crippen LogP contribution in [0, 0.1) is 6.92 Å². The average Bonchev–Trinajstić information content (AvgIpc) is 3.23. The van der Waals surface area contributed by atoms with Crippen LogP contribution in [0.3, 0.4) is 0 Å². The first-order valence-electron chi connectivity index (χ1n) is 11.8. The standard InChI is InChI=1S/C27H37N5/c1-22-10-12-23(13-11-22)26-20-24(29-32(26)27(2,3)4)21-28-14-15-30-16-18-31(19-17-30)25-8-6-5-7-9-25/h5-13,20,28H,14-19,21H2,1-4H3. The van der Waals surface area contributed by atoms with Gasteiger partial charge in [-0.15, -0.1) is 0 Å². The fourth-order valence-corrected chi connectivity index (χ4v) is 4.28. The Hall–Kier alpha value is -2.63. The van der Waals surface area contributed by atoms with E-state index < -0.39 is 0 Å². The maximum Gasteiger partial charge on any atom is 0.0769 e. The van der Waals surface area contributed by atoms with E-state index in [1.807, 2.05) is 0 Å². The van der Waals surface area contributed by atoms with Gasteiger partial charge in [-0.2, -0.15) is 5.10 Å². The summed E-state index contributed by atoms with van der Waals surface area (Å²) in [6.45, 7) is 16.0. The average molecular weight is 432 g/mol. The molecular formula is C27H37N5. The van der Waals surface area contributed by atoms with Gasteiger partial charge in [-0.25, -0.2) is 0 Å². The van der Waals surface area contributed by atoms with Crippen LogP contribution in [0.5, 0.6) is 0 Å². The van der Waals surface area contributed by atoms with Crippen LogP contribution in [0.2, 0.25) is 0 Å². The predicted molar refractivity (Wildman–Crippen MR) is 134 cm³/mol. The van der Waals surface area contributed by atoms with Crippen molar-refractivity contribution in [1.82, 2.24) is 20.0 Å². The minimum atomic E-state index is -0.0586. The minimum Gasteiger partial charge on any atom is -0.369 e. The Morgan fingerprint density at radius 3 is 2.25 bits per heavy atom. The summed E-state index contributed by atoms with van der Waals surface area (Å²) < 4.78 is 2.16. The number of benzene rings is 2. The highest BCUT2D eigenvalue weighted by atomic mass is 15.3. The highest BCUT2D eigenvalue weighted by Gasteiger charge is 2.21. The van der Waals surface area contributed by atoms with E-state index in [0.717, 1.165) is 51.5 Å². The number of aromatic nitrogens is 2. The van der Waals surface area contributed by atoms with E-state index in [9.17, 15) is 0 Å². The number of nitrogens with one attached hydrogen (secondary N) is 1. The van der Waals surface area contributed by atoms with E-state index in [2.05, 4.69) is 108 Å². The number of nitrogens with zero attached hydrogens (tertiary/aromatic N) is 4. The zero-order chi connectivity index (χ0) is 22.6. The maximum absolute atomic E-state index is 4.94. The van der Waals surface area contributed by atoms with Crippen molar-refractivity contribution in [1.29, 1.82) is 0 Å². The second-order valence-electron chi connectivity index (χ2n) is 9.81. The third kappa shape index (κ3) is 5.59. The number of hydrogen-bond acceptors (Lipinski definition) is 4. The first-order valence-corrected chi connectivity index (χ1v) is 11.8. The smallest absolute Gasteiger partial charge is 0.0769 e. The molecule has 0 aliphatic carbocycles. The largest absolute Gasteiger partial charge is 0.369 e. The Morgan fingerprint density at radius 2 is 1.59 bits per heavy atom. The van der Waals surface area contributed by atoms with Gasteiger partial charge in [-0.3, -0.25) is 9.58 Å². The van der Waals surface area contributed by atoms with Crippen LogP contribution >= 0.6 is 0 Å². The van der Waals surface area contributed by atoms with E-state index in [1.165, 1.54) is 22.5 Å². The van der Waals surface area contributed by atoms with E-state index >= 15 is 0 Å². The fraction of sp³-hybridized carbons (Fsp3) is 0.444. The Labute approximate surface area is 193 Å². The minimum absolute atomic E-state index is 0.0586. The quantitative estimate of drug-likeness (QED) is 0.558. The zero-order valence-corrected chi connectivity index (χ0v) is 20.0. The zero-order valence-electron chi connectivity index (χ0n) is 20.0. The predicted octanol–water partition coefficient (Wildman–Crippen LogP) is 4.53. The van der Waals surface area contributed by atoms with Crippen LogP contribution in [0.4, 0.5) is 5.69 Å². The van der Waals surface area contributed by atoms with Crippen LogP contribution in [-0.4, -0.2) is 53.9 Å². The molecule has 5 heteroatoms. The summed E-state index contributed by atoms with van der Waals surface area (Å²) in [5, 5.41) is 8.56. The SMILES string of the molecule is Cc1ccc(-c2cc(CNCCN3CCN(c4ccccc4)CC3)nn2C(C)(C)C)cc1. The first kappa shape index (κ1) is 22.6. The molecular weight excluding hydrogens is 394 g/mol. The molecule has 1 aliphatic rings. The normalized spacial score (nSPS) is 15.3. The molecule has 32 heavy (non-hydrogen) atoms. The Kier molecular flexibility index (Phi) is 6.97. The van der Waals surface area contributed by atoms with Gasteiger partial charge in [-0.1, -0.05) is 48.0 Å². The second kappa shape index (κ2) is 9.88. The third-order valence-corrected chi connectivity index (χ3v) is 6.15. The molecule has 1 aliphatic heterocycles. The van der Waals surface area contributed by atoms with Crippen LogP contribution in [0.1, 0.15) is 32.0 Å². The molecule has 1 aromatic heterocycles. The molecule has 170 valence electrons. The number of aryl methyl sites for hydroxylation is 1. The first-order chi connectivity index (χ1) is 15.4. The lowest BCUT2D eigenvalue weighted by Gasteiger charge is -2.36. The van der Waals surface area contributed by atoms with Crippen LogP contribution < -0.4 is 10.2 Å². The number of hydrogen-bond donors (Lipinski definition) is 1. The van der Waals surface area contributed by atoms with Crippen LogP contribution in [-0.2, 0) is 12.1 Å². The highest BCUT2D eigenvalue weighted by Crippen LogP contribution is 2.27. The van der Waals surface area contributed by atoms with Gasteiger partial charge in [0.1, 0.15) is 0 Å². The van der Waals surface area contributed by atoms with Gasteiger partial charge in [0.2, 0.25) is 0 Å². The summed E-state index contributed by atoms with van der Waals surface area (Å²) in [4.78, 5) is 5.04. The van der Waals surface area contributed by atoms with Gasteiger partial charge >= 0.3 is 0 Å². The van der Waals surface area contributed by atoms with Crippen molar-refractivity contribution in [3.63, 3.8) is 0 Å². The van der Waals surface area contributed by atoms with Crippen molar-refractivity contribution in [2.45, 2.75) is 39.8 Å².